The third-order valence-corrected chi connectivity index (χ3v) is 6.32. The van der Waals surface area contributed by atoms with Gasteiger partial charge < -0.3 is 4.90 Å². The number of aromatic nitrogens is 2. The van der Waals surface area contributed by atoms with Crippen molar-refractivity contribution in [1.82, 2.24) is 9.97 Å². The topological polar surface area (TPSA) is 89.2 Å². The van der Waals surface area contributed by atoms with Crippen LogP contribution in [0.5, 0.6) is 0 Å². The van der Waals surface area contributed by atoms with E-state index in [4.69, 9.17) is 15.1 Å². The number of hydrogen-bond donors (Lipinski definition) is 1. The van der Waals surface area contributed by atoms with Crippen molar-refractivity contribution in [3.63, 3.8) is 0 Å². The van der Waals surface area contributed by atoms with Crippen LogP contribution in [0.3, 0.4) is 0 Å². The summed E-state index contributed by atoms with van der Waals surface area (Å²) >= 11 is 0. The van der Waals surface area contributed by atoms with Gasteiger partial charge in [-0.2, -0.15) is 0 Å². The van der Waals surface area contributed by atoms with Gasteiger partial charge in [0, 0.05) is 29.4 Å². The van der Waals surface area contributed by atoms with Crippen molar-refractivity contribution < 1.29 is 8.42 Å². The Bertz CT molecular complexity index is 956. The Labute approximate surface area is 148 Å². The molecule has 0 amide bonds. The smallest absolute Gasteiger partial charge is 0.238 e. The highest BCUT2D eigenvalue weighted by molar-refractivity contribution is 7.89. The Balaban J connectivity index is 1.88. The van der Waals surface area contributed by atoms with Gasteiger partial charge in [-0.25, -0.2) is 23.5 Å². The average molecular weight is 358 g/mol. The lowest BCUT2D eigenvalue weighted by Gasteiger charge is -2.39. The molecule has 0 saturated carbocycles. The molecule has 0 bridgehead atoms. The monoisotopic (exact) mass is 358 g/mol. The summed E-state index contributed by atoms with van der Waals surface area (Å²) in [5.74, 6) is 0.757. The molecule has 0 unspecified atom stereocenters. The van der Waals surface area contributed by atoms with Crippen LogP contribution >= 0.6 is 0 Å². The first-order valence-corrected chi connectivity index (χ1v) is 10.2. The minimum absolute atomic E-state index is 0.161. The van der Waals surface area contributed by atoms with Crippen LogP contribution in [0.15, 0.2) is 23.1 Å². The number of nitrogens with zero attached hydrogens (tertiary/aromatic N) is 3. The number of aryl methyl sites for hydroxylation is 2. The Hall–Kier alpha value is -1.99. The number of sulfonamides is 1. The molecule has 1 aliphatic heterocycles. The Morgan fingerprint density at radius 2 is 2.04 bits per heavy atom. The number of hydrogen-bond acceptors (Lipinski definition) is 5. The third kappa shape index (κ3) is 2.81. The van der Waals surface area contributed by atoms with Crippen molar-refractivity contribution in [2.24, 2.45) is 5.14 Å². The molecule has 4 rings (SSSR count). The first-order valence-electron chi connectivity index (χ1n) is 8.65. The van der Waals surface area contributed by atoms with E-state index >= 15 is 0 Å². The van der Waals surface area contributed by atoms with E-state index < -0.39 is 10.0 Å². The maximum Gasteiger partial charge on any atom is 0.238 e. The molecule has 2 N–H and O–H groups in total. The van der Waals surface area contributed by atoms with Crippen LogP contribution in [0.25, 0.3) is 11.3 Å². The quantitative estimate of drug-likeness (QED) is 0.908. The fourth-order valence-corrected chi connectivity index (χ4v) is 4.46. The van der Waals surface area contributed by atoms with E-state index in [1.165, 1.54) is 0 Å². The van der Waals surface area contributed by atoms with E-state index in [2.05, 4.69) is 11.8 Å². The van der Waals surface area contributed by atoms with Gasteiger partial charge in [0.25, 0.3) is 0 Å². The molecular weight excluding hydrogens is 336 g/mol. The second-order valence-electron chi connectivity index (χ2n) is 7.01. The van der Waals surface area contributed by atoms with Crippen molar-refractivity contribution in [3.8, 4) is 11.3 Å². The van der Waals surface area contributed by atoms with Crippen LogP contribution in [0.2, 0.25) is 0 Å². The van der Waals surface area contributed by atoms with Gasteiger partial charge in [0.05, 0.1) is 10.6 Å². The van der Waals surface area contributed by atoms with E-state index in [9.17, 15) is 8.42 Å². The number of benzene rings is 1. The molecule has 25 heavy (non-hydrogen) atoms. The predicted molar refractivity (Wildman–Crippen MR) is 97.0 cm³/mol. The molecule has 0 spiro atoms. The lowest BCUT2D eigenvalue weighted by atomic mass is 10.0. The van der Waals surface area contributed by atoms with Crippen LogP contribution in [-0.2, 0) is 22.9 Å². The number of rotatable bonds is 3. The summed E-state index contributed by atoms with van der Waals surface area (Å²) in [5.41, 5.74) is 4.53. The maximum atomic E-state index is 11.9. The van der Waals surface area contributed by atoms with Gasteiger partial charge in [-0.1, -0.05) is 12.1 Å². The van der Waals surface area contributed by atoms with Gasteiger partial charge in [0.1, 0.15) is 0 Å². The van der Waals surface area contributed by atoms with E-state index in [1.54, 1.807) is 19.1 Å². The van der Waals surface area contributed by atoms with Gasteiger partial charge in [0.15, 0.2) is 0 Å². The van der Waals surface area contributed by atoms with Crippen LogP contribution in [0.1, 0.15) is 36.6 Å². The first-order chi connectivity index (χ1) is 11.8. The van der Waals surface area contributed by atoms with Crippen LogP contribution in [0, 0.1) is 6.92 Å². The van der Waals surface area contributed by atoms with Crippen LogP contribution in [0.4, 0.5) is 5.95 Å². The summed E-state index contributed by atoms with van der Waals surface area (Å²) in [6, 6.07) is 5.82. The number of anilines is 1. The van der Waals surface area contributed by atoms with E-state index in [1.807, 2.05) is 6.07 Å². The van der Waals surface area contributed by atoms with Gasteiger partial charge in [-0.3, -0.25) is 0 Å². The molecule has 1 saturated heterocycles. The van der Waals surface area contributed by atoms with Crippen molar-refractivity contribution >= 4 is 16.0 Å². The molecule has 2 aromatic rings. The molecule has 132 valence electrons. The highest BCUT2D eigenvalue weighted by Gasteiger charge is 2.29. The van der Waals surface area contributed by atoms with Gasteiger partial charge in [0.2, 0.25) is 16.0 Å². The summed E-state index contributed by atoms with van der Waals surface area (Å²) < 4.78 is 23.8. The predicted octanol–water partition coefficient (Wildman–Crippen LogP) is 2.19. The molecule has 6 nitrogen and oxygen atoms in total. The van der Waals surface area contributed by atoms with Crippen LogP contribution in [-0.4, -0.2) is 31.0 Å². The van der Waals surface area contributed by atoms with Gasteiger partial charge >= 0.3 is 0 Å². The zero-order valence-corrected chi connectivity index (χ0v) is 15.3. The van der Waals surface area contributed by atoms with Crippen molar-refractivity contribution in [2.75, 3.05) is 11.4 Å². The lowest BCUT2D eigenvalue weighted by Crippen LogP contribution is -2.46. The second-order valence-corrected chi connectivity index (χ2v) is 8.54. The summed E-state index contributed by atoms with van der Waals surface area (Å²) in [6.45, 7) is 4.89. The molecule has 2 aliphatic rings. The molecule has 7 heteroatoms. The lowest BCUT2D eigenvalue weighted by molar-refractivity contribution is 0.470. The van der Waals surface area contributed by atoms with E-state index in [0.717, 1.165) is 60.7 Å². The number of fused-ring (bicyclic) bond motifs is 1. The molecule has 1 aromatic heterocycles. The Kier molecular flexibility index (Phi) is 3.81. The van der Waals surface area contributed by atoms with Crippen molar-refractivity contribution in [2.45, 2.75) is 50.5 Å². The zero-order valence-electron chi connectivity index (χ0n) is 14.5. The fourth-order valence-electron chi connectivity index (χ4n) is 3.65. The molecule has 1 aliphatic carbocycles. The Morgan fingerprint density at radius 1 is 1.24 bits per heavy atom. The van der Waals surface area contributed by atoms with Crippen molar-refractivity contribution in [1.29, 1.82) is 0 Å². The van der Waals surface area contributed by atoms with E-state index in [0.29, 0.717) is 11.6 Å². The minimum Gasteiger partial charge on any atom is -0.338 e. The van der Waals surface area contributed by atoms with E-state index in [-0.39, 0.29) is 4.90 Å². The Morgan fingerprint density at radius 3 is 2.68 bits per heavy atom. The largest absolute Gasteiger partial charge is 0.338 e. The van der Waals surface area contributed by atoms with Crippen LogP contribution < -0.4 is 10.0 Å². The minimum atomic E-state index is -3.76. The summed E-state index contributed by atoms with van der Waals surface area (Å²) in [5, 5.41) is 5.38. The third-order valence-electron chi connectivity index (χ3n) is 5.27. The van der Waals surface area contributed by atoms with Gasteiger partial charge in [-0.05, 0) is 51.2 Å². The average Bonchev–Trinajstić information content (AvgIpc) is 3.00. The molecule has 2 heterocycles. The molecule has 1 atom stereocenters. The SMILES string of the molecule is Cc1ccc(-c2nc(N3CC[C@@H]3C)nc3c2CCC3)cc1S(N)(=O)=O. The summed E-state index contributed by atoms with van der Waals surface area (Å²) in [7, 11) is -3.76. The zero-order chi connectivity index (χ0) is 17.8. The highest BCUT2D eigenvalue weighted by Crippen LogP contribution is 2.35. The molecule has 1 fully saturated rings. The fraction of sp³-hybridized carbons (Fsp3) is 0.444. The molecule has 0 radical (unpaired) electrons. The summed E-state index contributed by atoms with van der Waals surface area (Å²) in [4.78, 5) is 12.0. The molecule has 1 aromatic carbocycles. The van der Waals surface area contributed by atoms with Gasteiger partial charge in [-0.15, -0.1) is 0 Å². The number of nitrogens with two attached hydrogens (primary N) is 1. The summed E-state index contributed by atoms with van der Waals surface area (Å²) in [6.07, 6.45) is 4.09. The highest BCUT2D eigenvalue weighted by atomic mass is 32.2. The van der Waals surface area contributed by atoms with Crippen molar-refractivity contribution in [3.05, 3.63) is 35.0 Å². The first kappa shape index (κ1) is 16.5. The number of primary sulfonamides is 1. The second kappa shape index (κ2) is 5.78. The standard InChI is InChI=1S/C18H22N4O2S/c1-11-6-7-13(10-16(11)25(19,23)24)17-14-4-3-5-15(14)20-18(21-17)22-9-8-12(22)2/h6-7,10,12H,3-5,8-9H2,1-2H3,(H2,19,23,24)/t12-/m0/s1. The molecular formula is C18H22N4O2S. The maximum absolute atomic E-state index is 11.9. The normalized spacial score (nSPS) is 19.6.